The number of fused-ring (bicyclic) bond motifs is 5. The SMILES string of the molecule is C1=C2OC3c4ccccc4C(N(c4ccc(-c5ccccc5)cc4)c4cccc(-c5ccccc5)c4)=CC3C2=C(c2ccccc2-c2ccccc2)CC1. The number of nitrogens with zero attached hydrogens (tertiary/aromatic N) is 1. The van der Waals surface area contributed by atoms with Crippen LogP contribution in [0.4, 0.5) is 11.4 Å². The van der Waals surface area contributed by atoms with Crippen LogP contribution in [0.3, 0.4) is 0 Å². The van der Waals surface area contributed by atoms with Crippen molar-refractivity contribution in [1.82, 2.24) is 0 Å². The first-order valence-electron chi connectivity index (χ1n) is 19.0. The van der Waals surface area contributed by atoms with Crippen LogP contribution in [0.25, 0.3) is 44.7 Å². The number of hydrogen-bond donors (Lipinski definition) is 0. The maximum absolute atomic E-state index is 7.01. The summed E-state index contributed by atoms with van der Waals surface area (Å²) in [6.07, 6.45) is 6.66. The van der Waals surface area contributed by atoms with Crippen molar-refractivity contribution in [2.75, 3.05) is 4.90 Å². The number of allylic oxidation sites excluding steroid dienone is 3. The van der Waals surface area contributed by atoms with Gasteiger partial charge in [-0.2, -0.15) is 0 Å². The first kappa shape index (κ1) is 32.0. The fraction of sp³-hybridized carbons (Fsp3) is 0.0769. The van der Waals surface area contributed by atoms with Gasteiger partial charge in [-0.1, -0.05) is 164 Å². The van der Waals surface area contributed by atoms with E-state index in [1.54, 1.807) is 0 Å². The van der Waals surface area contributed by atoms with Gasteiger partial charge in [0.1, 0.15) is 11.9 Å². The summed E-state index contributed by atoms with van der Waals surface area (Å²) in [7, 11) is 0. The van der Waals surface area contributed by atoms with E-state index in [0.717, 1.165) is 30.0 Å². The molecule has 1 saturated heterocycles. The fourth-order valence-corrected chi connectivity index (χ4v) is 8.65. The van der Waals surface area contributed by atoms with Gasteiger partial charge in [0.15, 0.2) is 0 Å². The third-order valence-electron chi connectivity index (χ3n) is 11.1. The number of benzene rings is 7. The van der Waals surface area contributed by atoms with Gasteiger partial charge in [0, 0.05) is 34.0 Å². The minimum Gasteiger partial charge on any atom is -0.485 e. The molecule has 0 aromatic heterocycles. The highest BCUT2D eigenvalue weighted by molar-refractivity contribution is 5.93. The first-order chi connectivity index (χ1) is 26.8. The lowest BCUT2D eigenvalue weighted by Crippen LogP contribution is -2.23. The van der Waals surface area contributed by atoms with E-state index >= 15 is 0 Å². The minimum absolute atomic E-state index is 0.0451. The molecule has 1 aliphatic heterocycles. The molecule has 1 heterocycles. The molecule has 1 fully saturated rings. The molecule has 3 aliphatic rings. The number of hydrogen-bond acceptors (Lipinski definition) is 2. The molecule has 2 aliphatic carbocycles. The van der Waals surface area contributed by atoms with E-state index in [4.69, 9.17) is 4.74 Å². The molecular formula is C52H39NO. The summed E-state index contributed by atoms with van der Waals surface area (Å²) < 4.78 is 7.01. The van der Waals surface area contributed by atoms with Crippen LogP contribution in [0.2, 0.25) is 0 Å². The molecule has 0 saturated carbocycles. The maximum Gasteiger partial charge on any atom is 0.135 e. The van der Waals surface area contributed by atoms with Gasteiger partial charge in [0.2, 0.25) is 0 Å². The van der Waals surface area contributed by atoms with E-state index in [1.165, 1.54) is 66.9 Å². The van der Waals surface area contributed by atoms with E-state index in [2.05, 4.69) is 205 Å². The Morgan fingerprint density at radius 3 is 1.76 bits per heavy atom. The third kappa shape index (κ3) is 5.68. The van der Waals surface area contributed by atoms with Crippen LogP contribution in [0.5, 0.6) is 0 Å². The average Bonchev–Trinajstić information content (AvgIpc) is 3.64. The van der Waals surface area contributed by atoms with Gasteiger partial charge in [-0.25, -0.2) is 0 Å². The minimum atomic E-state index is -0.0962. The summed E-state index contributed by atoms with van der Waals surface area (Å²) in [6.45, 7) is 0. The van der Waals surface area contributed by atoms with Crippen molar-refractivity contribution in [3.63, 3.8) is 0 Å². The second kappa shape index (κ2) is 13.7. The molecule has 2 heteroatoms. The van der Waals surface area contributed by atoms with Crippen molar-refractivity contribution in [1.29, 1.82) is 0 Å². The summed E-state index contributed by atoms with van der Waals surface area (Å²) in [5.74, 6) is 1.08. The van der Waals surface area contributed by atoms with E-state index < -0.39 is 0 Å². The van der Waals surface area contributed by atoms with Gasteiger partial charge in [-0.05, 0) is 93.8 Å². The van der Waals surface area contributed by atoms with Crippen molar-refractivity contribution in [2.45, 2.75) is 18.9 Å². The highest BCUT2D eigenvalue weighted by Gasteiger charge is 2.44. The molecule has 0 bridgehead atoms. The molecule has 54 heavy (non-hydrogen) atoms. The Bertz CT molecular complexity index is 2560. The average molecular weight is 694 g/mol. The van der Waals surface area contributed by atoms with Gasteiger partial charge in [-0.15, -0.1) is 0 Å². The second-order valence-electron chi connectivity index (χ2n) is 14.3. The lowest BCUT2D eigenvalue weighted by molar-refractivity contribution is 0.142. The predicted molar refractivity (Wildman–Crippen MR) is 224 cm³/mol. The highest BCUT2D eigenvalue weighted by Crippen LogP contribution is 2.56. The molecule has 2 unspecified atom stereocenters. The van der Waals surface area contributed by atoms with Crippen LogP contribution >= 0.6 is 0 Å². The highest BCUT2D eigenvalue weighted by atomic mass is 16.5. The molecule has 258 valence electrons. The monoisotopic (exact) mass is 693 g/mol. The Labute approximate surface area is 317 Å². The molecule has 0 amide bonds. The quantitative estimate of drug-likeness (QED) is 0.165. The van der Waals surface area contributed by atoms with Gasteiger partial charge in [0.05, 0.1) is 5.70 Å². The zero-order valence-electron chi connectivity index (χ0n) is 30.0. The van der Waals surface area contributed by atoms with Gasteiger partial charge < -0.3 is 9.64 Å². The summed E-state index contributed by atoms with van der Waals surface area (Å²) in [5, 5.41) is 0. The van der Waals surface area contributed by atoms with Crippen LogP contribution in [-0.4, -0.2) is 0 Å². The number of anilines is 2. The van der Waals surface area contributed by atoms with Crippen molar-refractivity contribution >= 4 is 22.6 Å². The molecule has 7 aromatic rings. The number of ether oxygens (including phenoxy) is 1. The zero-order chi connectivity index (χ0) is 35.8. The molecule has 2 atom stereocenters. The lowest BCUT2D eigenvalue weighted by atomic mass is 9.76. The Hall–Kier alpha value is -6.64. The Balaban J connectivity index is 1.17. The van der Waals surface area contributed by atoms with E-state index in [1.807, 2.05) is 0 Å². The molecule has 0 radical (unpaired) electrons. The maximum atomic E-state index is 7.01. The van der Waals surface area contributed by atoms with Crippen molar-refractivity contribution in [3.8, 4) is 33.4 Å². The fourth-order valence-electron chi connectivity index (χ4n) is 8.65. The molecule has 0 N–H and O–H groups in total. The second-order valence-corrected chi connectivity index (χ2v) is 14.3. The van der Waals surface area contributed by atoms with E-state index in [0.29, 0.717) is 0 Å². The van der Waals surface area contributed by atoms with Crippen LogP contribution in [0, 0.1) is 5.92 Å². The lowest BCUT2D eigenvalue weighted by Gasteiger charge is -2.35. The van der Waals surface area contributed by atoms with Gasteiger partial charge in [-0.3, -0.25) is 0 Å². The Morgan fingerprint density at radius 1 is 0.463 bits per heavy atom. The molecule has 10 rings (SSSR count). The van der Waals surface area contributed by atoms with Crippen LogP contribution < -0.4 is 4.90 Å². The standard InChI is InChI=1S/C52H39NO/c1-4-16-36(17-5-1)38-30-32-41(33-31-38)53(42-23-14-22-40(34-42)37-18-6-2-7-19-37)49-35-48-51-46(44-25-11-10-24-43(44)39-20-8-3-9-21-39)28-15-29-50(51)54-52(48)47-27-13-12-26-45(47)49/h1-14,16-27,29-35,48,52H,15,28H2. The van der Waals surface area contributed by atoms with E-state index in [9.17, 15) is 0 Å². The molecule has 0 spiro atoms. The van der Waals surface area contributed by atoms with Crippen molar-refractivity contribution in [3.05, 3.63) is 228 Å². The summed E-state index contributed by atoms with van der Waals surface area (Å²) >= 11 is 0. The van der Waals surface area contributed by atoms with Gasteiger partial charge in [0.25, 0.3) is 0 Å². The molecular weight excluding hydrogens is 655 g/mol. The smallest absolute Gasteiger partial charge is 0.135 e. The third-order valence-corrected chi connectivity index (χ3v) is 11.1. The van der Waals surface area contributed by atoms with Crippen molar-refractivity contribution < 1.29 is 4.74 Å². The topological polar surface area (TPSA) is 12.5 Å². The summed E-state index contributed by atoms with van der Waals surface area (Å²) in [4.78, 5) is 2.46. The van der Waals surface area contributed by atoms with Crippen molar-refractivity contribution in [2.24, 2.45) is 5.92 Å². The summed E-state index contributed by atoms with van der Waals surface area (Å²) in [5.41, 5.74) is 17.1. The largest absolute Gasteiger partial charge is 0.485 e. The normalized spacial score (nSPS) is 17.0. The van der Waals surface area contributed by atoms with Crippen LogP contribution in [-0.2, 0) is 4.74 Å². The molecule has 7 aromatic carbocycles. The predicted octanol–water partition coefficient (Wildman–Crippen LogP) is 13.7. The summed E-state index contributed by atoms with van der Waals surface area (Å²) in [6, 6.07) is 67.8. The Kier molecular flexibility index (Phi) is 8.15. The zero-order valence-corrected chi connectivity index (χ0v) is 30.0. The number of rotatable bonds is 7. The van der Waals surface area contributed by atoms with Crippen LogP contribution in [0.15, 0.2) is 212 Å². The van der Waals surface area contributed by atoms with E-state index in [-0.39, 0.29) is 12.0 Å². The van der Waals surface area contributed by atoms with Gasteiger partial charge >= 0.3 is 0 Å². The molecule has 2 nitrogen and oxygen atoms in total. The first-order valence-corrected chi connectivity index (χ1v) is 19.0. The van der Waals surface area contributed by atoms with Crippen LogP contribution in [0.1, 0.15) is 35.6 Å². The Morgan fingerprint density at radius 2 is 1.04 bits per heavy atom.